The van der Waals surface area contributed by atoms with Crippen molar-refractivity contribution in [3.63, 3.8) is 0 Å². The third kappa shape index (κ3) is 6.13. The van der Waals surface area contributed by atoms with E-state index in [0.717, 1.165) is 4.90 Å². The van der Waals surface area contributed by atoms with Crippen molar-refractivity contribution in [2.24, 2.45) is 0 Å². The number of hydrogen-bond donors (Lipinski definition) is 1. The summed E-state index contributed by atoms with van der Waals surface area (Å²) in [6.45, 7) is 1.49. The number of methoxy groups -OCH3 is 1. The second kappa shape index (κ2) is 9.89. The molecule has 0 aliphatic heterocycles. The number of carbonyl (C=O) groups excluding carboxylic acids is 2. The molecule has 1 amide bonds. The van der Waals surface area contributed by atoms with E-state index in [1.807, 2.05) is 30.3 Å². The number of carbonyl (C=O) groups is 2. The van der Waals surface area contributed by atoms with Crippen LogP contribution in [0.15, 0.2) is 64.9 Å². The molecule has 0 radical (unpaired) electrons. The van der Waals surface area contributed by atoms with Crippen LogP contribution < -0.4 is 10.1 Å². The molecule has 1 atom stereocenters. The summed E-state index contributed by atoms with van der Waals surface area (Å²) in [6.07, 6.45) is 0.305. The fraction of sp³-hybridized carbons (Fsp3) is 0.158. The molecule has 0 aliphatic rings. The van der Waals surface area contributed by atoms with Gasteiger partial charge in [-0.05, 0) is 42.7 Å². The Morgan fingerprint density at radius 1 is 1.19 bits per heavy atom. The highest BCUT2D eigenvalue weighted by Gasteiger charge is 2.18. The molecule has 0 fully saturated rings. The molecule has 0 aromatic heterocycles. The van der Waals surface area contributed by atoms with E-state index in [2.05, 4.69) is 5.32 Å². The van der Waals surface area contributed by atoms with Crippen LogP contribution >= 0.6 is 23.4 Å². The van der Waals surface area contributed by atoms with Gasteiger partial charge < -0.3 is 14.8 Å². The lowest BCUT2D eigenvalue weighted by Gasteiger charge is -2.14. The summed E-state index contributed by atoms with van der Waals surface area (Å²) in [6, 6.07) is 14.4. The zero-order valence-corrected chi connectivity index (χ0v) is 15.8. The van der Waals surface area contributed by atoms with Crippen LogP contribution in [-0.4, -0.2) is 25.1 Å². The molecule has 2 aromatic carbocycles. The molecule has 0 saturated heterocycles. The number of nitrogens with one attached hydrogen (secondary N) is 1. The standard InChI is InChI=1S/C19H18ClNO4S/c1-13(19(23)21-16-12-14(20)8-9-17(16)24-2)25-18(22)10-11-26-15-6-4-3-5-7-15/h3-13H,1-2H3,(H,21,23)/b11-10+/t13-/m0/s1. The van der Waals surface area contributed by atoms with Gasteiger partial charge in [0.15, 0.2) is 6.10 Å². The van der Waals surface area contributed by atoms with Gasteiger partial charge in [0.2, 0.25) is 0 Å². The number of rotatable bonds is 7. The average molecular weight is 392 g/mol. The number of benzene rings is 2. The lowest BCUT2D eigenvalue weighted by Crippen LogP contribution is -2.29. The molecule has 0 unspecified atom stereocenters. The van der Waals surface area contributed by atoms with Crippen molar-refractivity contribution in [3.05, 3.63) is 65.0 Å². The summed E-state index contributed by atoms with van der Waals surface area (Å²) in [7, 11) is 1.48. The fourth-order valence-electron chi connectivity index (χ4n) is 1.95. The van der Waals surface area contributed by atoms with Gasteiger partial charge in [0.1, 0.15) is 5.75 Å². The third-order valence-corrected chi connectivity index (χ3v) is 4.28. The van der Waals surface area contributed by atoms with Crippen molar-refractivity contribution in [1.82, 2.24) is 0 Å². The van der Waals surface area contributed by atoms with Crippen molar-refractivity contribution >= 4 is 40.9 Å². The van der Waals surface area contributed by atoms with Crippen LogP contribution in [0.1, 0.15) is 6.92 Å². The number of anilines is 1. The molecule has 0 saturated carbocycles. The minimum absolute atomic E-state index is 0.406. The van der Waals surface area contributed by atoms with Crippen molar-refractivity contribution in [3.8, 4) is 5.75 Å². The highest BCUT2D eigenvalue weighted by Crippen LogP contribution is 2.27. The van der Waals surface area contributed by atoms with Crippen molar-refractivity contribution < 1.29 is 19.1 Å². The van der Waals surface area contributed by atoms with E-state index >= 15 is 0 Å². The maximum Gasteiger partial charge on any atom is 0.332 e. The van der Waals surface area contributed by atoms with E-state index in [1.54, 1.807) is 23.6 Å². The lowest BCUT2D eigenvalue weighted by atomic mass is 10.2. The first-order valence-electron chi connectivity index (χ1n) is 7.73. The minimum atomic E-state index is -0.974. The molecule has 0 heterocycles. The first-order chi connectivity index (χ1) is 12.5. The number of thioether (sulfide) groups is 1. The summed E-state index contributed by atoms with van der Waals surface area (Å²) < 4.78 is 10.3. The lowest BCUT2D eigenvalue weighted by molar-refractivity contribution is -0.148. The van der Waals surface area contributed by atoms with Gasteiger partial charge in [-0.15, -0.1) is 0 Å². The van der Waals surface area contributed by atoms with E-state index in [4.69, 9.17) is 21.1 Å². The van der Waals surface area contributed by atoms with Crippen molar-refractivity contribution in [2.45, 2.75) is 17.9 Å². The molecule has 7 heteroatoms. The molecule has 26 heavy (non-hydrogen) atoms. The van der Waals surface area contributed by atoms with E-state index in [1.165, 1.54) is 31.9 Å². The summed E-state index contributed by atoms with van der Waals surface area (Å²) in [5, 5.41) is 4.70. The van der Waals surface area contributed by atoms with Gasteiger partial charge in [0, 0.05) is 16.0 Å². The van der Waals surface area contributed by atoms with E-state index in [0.29, 0.717) is 16.5 Å². The molecule has 0 bridgehead atoms. The quantitative estimate of drug-likeness (QED) is 0.427. The maximum atomic E-state index is 12.2. The van der Waals surface area contributed by atoms with Gasteiger partial charge in [0.25, 0.3) is 5.91 Å². The second-order valence-electron chi connectivity index (χ2n) is 5.15. The van der Waals surface area contributed by atoms with E-state index in [-0.39, 0.29) is 0 Å². The molecule has 2 aromatic rings. The topological polar surface area (TPSA) is 64.6 Å². The number of hydrogen-bond acceptors (Lipinski definition) is 5. The van der Waals surface area contributed by atoms with Crippen LogP contribution in [-0.2, 0) is 14.3 Å². The molecule has 0 aliphatic carbocycles. The normalized spacial score (nSPS) is 11.8. The SMILES string of the molecule is COc1ccc(Cl)cc1NC(=O)[C@H](C)OC(=O)/C=C/Sc1ccccc1. The van der Waals surface area contributed by atoms with Crippen molar-refractivity contribution in [1.29, 1.82) is 0 Å². The zero-order valence-electron chi connectivity index (χ0n) is 14.3. The smallest absolute Gasteiger partial charge is 0.332 e. The largest absolute Gasteiger partial charge is 0.495 e. The molecule has 5 nitrogen and oxygen atoms in total. The summed E-state index contributed by atoms with van der Waals surface area (Å²) in [4.78, 5) is 25.0. The Bertz CT molecular complexity index is 795. The Labute approximate surface area is 161 Å². The Kier molecular flexibility index (Phi) is 7.56. The van der Waals surface area contributed by atoms with Gasteiger partial charge in [-0.1, -0.05) is 41.6 Å². The van der Waals surface area contributed by atoms with Crippen LogP contribution in [0.3, 0.4) is 0 Å². The van der Waals surface area contributed by atoms with Gasteiger partial charge in [-0.3, -0.25) is 4.79 Å². The Morgan fingerprint density at radius 3 is 2.62 bits per heavy atom. The molecular formula is C19H18ClNO4S. The summed E-state index contributed by atoms with van der Waals surface area (Å²) in [5.41, 5.74) is 0.406. The molecule has 1 N–H and O–H groups in total. The highest BCUT2D eigenvalue weighted by molar-refractivity contribution is 8.02. The Balaban J connectivity index is 1.88. The van der Waals surface area contributed by atoms with Crippen LogP contribution in [0, 0.1) is 0 Å². The van der Waals surface area contributed by atoms with Gasteiger partial charge in [-0.2, -0.15) is 0 Å². The second-order valence-corrected chi connectivity index (χ2v) is 6.56. The van der Waals surface area contributed by atoms with E-state index < -0.39 is 18.0 Å². The predicted molar refractivity (Wildman–Crippen MR) is 104 cm³/mol. The highest BCUT2D eigenvalue weighted by atomic mass is 35.5. The fourth-order valence-corrected chi connectivity index (χ4v) is 2.77. The molecule has 136 valence electrons. The van der Waals surface area contributed by atoms with Crippen LogP contribution in [0.2, 0.25) is 5.02 Å². The first kappa shape index (κ1) is 19.9. The molecule has 0 spiro atoms. The number of halogens is 1. The van der Waals surface area contributed by atoms with Gasteiger partial charge in [0.05, 0.1) is 12.8 Å². The summed E-state index contributed by atoms with van der Waals surface area (Å²) >= 11 is 7.31. The molecule has 2 rings (SSSR count). The Morgan fingerprint density at radius 2 is 1.92 bits per heavy atom. The summed E-state index contributed by atoms with van der Waals surface area (Å²) in [5.74, 6) is -0.627. The van der Waals surface area contributed by atoms with Crippen molar-refractivity contribution in [2.75, 3.05) is 12.4 Å². The average Bonchev–Trinajstić information content (AvgIpc) is 2.62. The number of amides is 1. The number of ether oxygens (including phenoxy) is 2. The zero-order chi connectivity index (χ0) is 18.9. The maximum absolute atomic E-state index is 12.2. The van der Waals surface area contributed by atoms with Gasteiger partial charge in [-0.25, -0.2) is 4.79 Å². The third-order valence-electron chi connectivity index (χ3n) is 3.23. The van der Waals surface area contributed by atoms with Crippen LogP contribution in [0.5, 0.6) is 5.75 Å². The first-order valence-corrected chi connectivity index (χ1v) is 8.98. The predicted octanol–water partition coefficient (Wildman–Crippen LogP) is 4.52. The van der Waals surface area contributed by atoms with Crippen LogP contribution in [0.4, 0.5) is 5.69 Å². The monoisotopic (exact) mass is 391 g/mol. The minimum Gasteiger partial charge on any atom is -0.495 e. The molecular weight excluding hydrogens is 374 g/mol. The van der Waals surface area contributed by atoms with Gasteiger partial charge >= 0.3 is 5.97 Å². The number of esters is 1. The van der Waals surface area contributed by atoms with E-state index in [9.17, 15) is 9.59 Å². The van der Waals surface area contributed by atoms with Crippen LogP contribution in [0.25, 0.3) is 0 Å². The Hall–Kier alpha value is -2.44.